The minimum Gasteiger partial charge on any atom is -0.494 e. The van der Waals surface area contributed by atoms with Gasteiger partial charge in [-0.15, -0.1) is 0 Å². The molecule has 1 aromatic rings. The molecule has 0 saturated carbocycles. The number of hydrogen-bond acceptors (Lipinski definition) is 4. The Morgan fingerprint density at radius 1 is 1.28 bits per heavy atom. The van der Waals surface area contributed by atoms with Crippen molar-refractivity contribution in [3.63, 3.8) is 0 Å². The first-order valence-corrected chi connectivity index (χ1v) is 9.74. The van der Waals surface area contributed by atoms with Crippen LogP contribution >= 0.6 is 0 Å². The molecular formula is C20H31N3O2. The van der Waals surface area contributed by atoms with E-state index in [9.17, 15) is 4.79 Å². The molecule has 5 heteroatoms. The van der Waals surface area contributed by atoms with Gasteiger partial charge in [-0.05, 0) is 69.4 Å². The van der Waals surface area contributed by atoms with Crippen LogP contribution in [0.4, 0.5) is 0 Å². The van der Waals surface area contributed by atoms with Gasteiger partial charge in [-0.25, -0.2) is 0 Å². The maximum atomic E-state index is 12.0. The molecule has 2 aliphatic heterocycles. The minimum atomic E-state index is 0.136. The van der Waals surface area contributed by atoms with E-state index in [-0.39, 0.29) is 11.8 Å². The monoisotopic (exact) mass is 345 g/mol. The maximum Gasteiger partial charge on any atom is 0.224 e. The number of hydrogen-bond donors (Lipinski definition) is 2. The fourth-order valence-corrected chi connectivity index (χ4v) is 3.63. The predicted molar refractivity (Wildman–Crippen MR) is 99.7 cm³/mol. The Kier molecular flexibility index (Phi) is 7.12. The molecule has 1 aromatic carbocycles. The van der Waals surface area contributed by atoms with Crippen LogP contribution in [0, 0.1) is 5.92 Å². The van der Waals surface area contributed by atoms with Gasteiger partial charge in [0.25, 0.3) is 0 Å². The molecule has 3 rings (SSSR count). The molecule has 2 aliphatic rings. The van der Waals surface area contributed by atoms with Gasteiger partial charge in [0, 0.05) is 19.6 Å². The van der Waals surface area contributed by atoms with Crippen LogP contribution in [0.1, 0.15) is 37.7 Å². The molecule has 1 unspecified atom stereocenters. The van der Waals surface area contributed by atoms with Crippen LogP contribution in [0.3, 0.4) is 0 Å². The molecule has 1 atom stereocenters. The topological polar surface area (TPSA) is 53.6 Å². The summed E-state index contributed by atoms with van der Waals surface area (Å²) in [5.74, 6) is 1.25. The Morgan fingerprint density at radius 2 is 2.16 bits per heavy atom. The van der Waals surface area contributed by atoms with Crippen molar-refractivity contribution in [1.82, 2.24) is 15.5 Å². The predicted octanol–water partition coefficient (Wildman–Crippen LogP) is 2.17. The van der Waals surface area contributed by atoms with Gasteiger partial charge in [0.1, 0.15) is 5.75 Å². The lowest BCUT2D eigenvalue weighted by Gasteiger charge is -2.21. The normalized spacial score (nSPS) is 21.2. The second-order valence-electron chi connectivity index (χ2n) is 7.17. The third-order valence-corrected chi connectivity index (χ3v) is 5.06. The Labute approximate surface area is 151 Å². The molecule has 2 heterocycles. The molecule has 0 aliphatic carbocycles. The largest absolute Gasteiger partial charge is 0.494 e. The number of carbonyl (C=O) groups excluding carboxylic acids is 1. The summed E-state index contributed by atoms with van der Waals surface area (Å²) in [4.78, 5) is 14.5. The molecule has 5 nitrogen and oxygen atoms in total. The maximum absolute atomic E-state index is 12.0. The molecule has 1 amide bonds. The summed E-state index contributed by atoms with van der Waals surface area (Å²) in [5, 5.41) is 6.31. The molecule has 138 valence electrons. The van der Waals surface area contributed by atoms with E-state index in [0.29, 0.717) is 13.2 Å². The second kappa shape index (κ2) is 9.78. The number of piperidine rings is 1. The lowest BCUT2D eigenvalue weighted by Crippen LogP contribution is -2.40. The molecule has 0 spiro atoms. The molecule has 2 N–H and O–H groups in total. The third kappa shape index (κ3) is 6.01. The van der Waals surface area contributed by atoms with E-state index in [2.05, 4.69) is 33.7 Å². The van der Waals surface area contributed by atoms with Gasteiger partial charge in [0.2, 0.25) is 5.91 Å². The van der Waals surface area contributed by atoms with E-state index in [0.717, 1.165) is 44.6 Å². The average molecular weight is 345 g/mol. The van der Waals surface area contributed by atoms with E-state index < -0.39 is 0 Å². The van der Waals surface area contributed by atoms with E-state index in [1.54, 1.807) is 0 Å². The minimum absolute atomic E-state index is 0.136. The van der Waals surface area contributed by atoms with E-state index in [4.69, 9.17) is 4.74 Å². The first-order valence-electron chi connectivity index (χ1n) is 9.74. The SMILES string of the molecule is O=C(NCCCOc1cccc(CN2CCCC2)c1)C1CCCNC1. The van der Waals surface area contributed by atoms with Crippen LogP contribution in [0.15, 0.2) is 24.3 Å². The quantitative estimate of drug-likeness (QED) is 0.709. The van der Waals surface area contributed by atoms with Gasteiger partial charge in [0.05, 0.1) is 12.5 Å². The summed E-state index contributed by atoms with van der Waals surface area (Å²) in [7, 11) is 0. The van der Waals surface area contributed by atoms with Crippen LogP contribution in [-0.4, -0.2) is 50.1 Å². The van der Waals surface area contributed by atoms with Crippen molar-refractivity contribution in [2.75, 3.05) is 39.3 Å². The lowest BCUT2D eigenvalue weighted by atomic mass is 9.99. The van der Waals surface area contributed by atoms with E-state index in [1.807, 2.05) is 6.07 Å². The van der Waals surface area contributed by atoms with Crippen molar-refractivity contribution >= 4 is 5.91 Å². The number of likely N-dealkylation sites (tertiary alicyclic amines) is 1. The summed E-state index contributed by atoms with van der Waals surface area (Å²) in [5.41, 5.74) is 1.32. The van der Waals surface area contributed by atoms with Gasteiger partial charge in [0.15, 0.2) is 0 Å². The number of amides is 1. The highest BCUT2D eigenvalue weighted by Gasteiger charge is 2.20. The van der Waals surface area contributed by atoms with Crippen molar-refractivity contribution in [3.05, 3.63) is 29.8 Å². The smallest absolute Gasteiger partial charge is 0.224 e. The molecule has 0 bridgehead atoms. The summed E-state index contributed by atoms with van der Waals surface area (Å²) < 4.78 is 5.86. The zero-order valence-electron chi connectivity index (χ0n) is 15.1. The van der Waals surface area contributed by atoms with Crippen LogP contribution in [-0.2, 0) is 11.3 Å². The van der Waals surface area contributed by atoms with E-state index >= 15 is 0 Å². The van der Waals surface area contributed by atoms with E-state index in [1.165, 1.54) is 31.5 Å². The van der Waals surface area contributed by atoms with Gasteiger partial charge >= 0.3 is 0 Å². The summed E-state index contributed by atoms with van der Waals surface area (Å²) in [6.07, 6.45) is 5.56. The first kappa shape index (κ1) is 18.2. The number of benzene rings is 1. The number of nitrogens with one attached hydrogen (secondary N) is 2. The molecule has 0 radical (unpaired) electrons. The van der Waals surface area contributed by atoms with Crippen LogP contribution in [0.25, 0.3) is 0 Å². The fourth-order valence-electron chi connectivity index (χ4n) is 3.63. The van der Waals surface area contributed by atoms with Crippen LogP contribution < -0.4 is 15.4 Å². The standard InChI is InChI=1S/C20H31N3O2/c24-20(18-7-4-9-21-15-18)22-10-5-13-25-19-8-3-6-17(14-19)16-23-11-1-2-12-23/h3,6,8,14,18,21H,1-2,4-5,7,9-13,15-16H2,(H,22,24). The Balaban J connectivity index is 1.32. The average Bonchev–Trinajstić information content (AvgIpc) is 3.15. The van der Waals surface area contributed by atoms with Gasteiger partial charge in [-0.3, -0.25) is 9.69 Å². The zero-order valence-corrected chi connectivity index (χ0v) is 15.1. The van der Waals surface area contributed by atoms with Crippen molar-refractivity contribution < 1.29 is 9.53 Å². The number of rotatable bonds is 8. The van der Waals surface area contributed by atoms with Crippen LogP contribution in [0.2, 0.25) is 0 Å². The van der Waals surface area contributed by atoms with Crippen molar-refractivity contribution in [2.24, 2.45) is 5.92 Å². The molecule has 2 saturated heterocycles. The van der Waals surface area contributed by atoms with Crippen LogP contribution in [0.5, 0.6) is 5.75 Å². The number of carbonyl (C=O) groups is 1. The highest BCUT2D eigenvalue weighted by Crippen LogP contribution is 2.17. The summed E-state index contributed by atoms with van der Waals surface area (Å²) in [6.45, 7) is 6.60. The fraction of sp³-hybridized carbons (Fsp3) is 0.650. The summed E-state index contributed by atoms with van der Waals surface area (Å²) >= 11 is 0. The van der Waals surface area contributed by atoms with Gasteiger partial charge in [-0.2, -0.15) is 0 Å². The molecular weight excluding hydrogens is 314 g/mol. The number of nitrogens with zero attached hydrogens (tertiary/aromatic N) is 1. The van der Waals surface area contributed by atoms with Crippen molar-refractivity contribution in [2.45, 2.75) is 38.6 Å². The highest BCUT2D eigenvalue weighted by molar-refractivity contribution is 5.78. The van der Waals surface area contributed by atoms with Crippen molar-refractivity contribution in [1.29, 1.82) is 0 Å². The molecule has 2 fully saturated rings. The lowest BCUT2D eigenvalue weighted by molar-refractivity contribution is -0.125. The van der Waals surface area contributed by atoms with Gasteiger partial charge in [-0.1, -0.05) is 12.1 Å². The van der Waals surface area contributed by atoms with Crippen molar-refractivity contribution in [3.8, 4) is 5.75 Å². The molecule has 25 heavy (non-hydrogen) atoms. The first-order chi connectivity index (χ1) is 12.3. The number of ether oxygens (including phenoxy) is 1. The van der Waals surface area contributed by atoms with Gasteiger partial charge < -0.3 is 15.4 Å². The Morgan fingerprint density at radius 3 is 2.96 bits per heavy atom. The zero-order chi connectivity index (χ0) is 17.3. The Bertz CT molecular complexity index is 537. The Hall–Kier alpha value is -1.59. The summed E-state index contributed by atoms with van der Waals surface area (Å²) in [6, 6.07) is 8.40. The third-order valence-electron chi connectivity index (χ3n) is 5.06. The second-order valence-corrected chi connectivity index (χ2v) is 7.17. The molecule has 0 aromatic heterocycles. The highest BCUT2D eigenvalue weighted by atomic mass is 16.5.